The number of nitrogens with zero attached hydrogens (tertiary/aromatic N) is 4. The summed E-state index contributed by atoms with van der Waals surface area (Å²) in [4.78, 5) is 17.1. The third-order valence-corrected chi connectivity index (χ3v) is 4.81. The van der Waals surface area contributed by atoms with E-state index in [1.165, 1.54) is 17.0 Å². The van der Waals surface area contributed by atoms with Gasteiger partial charge in [0.2, 0.25) is 5.91 Å². The molecule has 0 aliphatic rings. The molecule has 7 heteroatoms. The molecule has 30 heavy (non-hydrogen) atoms. The lowest BCUT2D eigenvalue weighted by Crippen LogP contribution is -2.14. The van der Waals surface area contributed by atoms with Crippen LogP contribution < -0.4 is 5.32 Å². The highest BCUT2D eigenvalue weighted by Gasteiger charge is 2.16. The Labute approximate surface area is 178 Å². The predicted molar refractivity (Wildman–Crippen MR) is 117 cm³/mol. The summed E-state index contributed by atoms with van der Waals surface area (Å²) in [7, 11) is 0. The number of pyridine rings is 1. The zero-order valence-corrected chi connectivity index (χ0v) is 16.8. The molecule has 0 radical (unpaired) electrons. The quantitative estimate of drug-likeness (QED) is 0.482. The van der Waals surface area contributed by atoms with Gasteiger partial charge in [0.1, 0.15) is 11.6 Å². The standard InChI is InChI=1S/C23H16ClN5O/c1-15-12-21(27-20-5-3-2-4-19(15)20)29-23(17(13-25)14-26-29)28-22(30)11-8-16-6-9-18(24)10-7-16/h2-12,14H,1H3,(H,28,30)/b11-8+. The molecular formula is C23H16ClN5O. The number of rotatable bonds is 4. The number of aromatic nitrogens is 3. The third kappa shape index (κ3) is 3.93. The van der Waals surface area contributed by atoms with Crippen LogP contribution in [-0.4, -0.2) is 20.7 Å². The predicted octanol–water partition coefficient (Wildman–Crippen LogP) is 4.91. The summed E-state index contributed by atoms with van der Waals surface area (Å²) in [6.45, 7) is 1.98. The zero-order chi connectivity index (χ0) is 21.1. The maximum absolute atomic E-state index is 12.5. The second-order valence-corrected chi connectivity index (χ2v) is 7.06. The molecule has 0 fully saturated rings. The summed E-state index contributed by atoms with van der Waals surface area (Å²) in [5, 5.41) is 18.1. The van der Waals surface area contributed by atoms with Crippen molar-refractivity contribution < 1.29 is 4.79 Å². The number of hydrogen-bond acceptors (Lipinski definition) is 4. The maximum Gasteiger partial charge on any atom is 0.249 e. The molecule has 2 heterocycles. The van der Waals surface area contributed by atoms with E-state index in [1.54, 1.807) is 30.3 Å². The first-order valence-electron chi connectivity index (χ1n) is 9.14. The van der Waals surface area contributed by atoms with Crippen LogP contribution in [0.15, 0.2) is 66.9 Å². The van der Waals surface area contributed by atoms with E-state index >= 15 is 0 Å². The molecule has 0 atom stereocenters. The van der Waals surface area contributed by atoms with Gasteiger partial charge in [0.15, 0.2) is 11.6 Å². The van der Waals surface area contributed by atoms with Crippen LogP contribution in [0.2, 0.25) is 5.02 Å². The second-order valence-electron chi connectivity index (χ2n) is 6.62. The molecule has 0 spiro atoms. The van der Waals surface area contributed by atoms with Gasteiger partial charge >= 0.3 is 0 Å². The average Bonchev–Trinajstić information content (AvgIpc) is 3.16. The van der Waals surface area contributed by atoms with Gasteiger partial charge in [-0.25, -0.2) is 4.98 Å². The minimum atomic E-state index is -0.388. The summed E-state index contributed by atoms with van der Waals surface area (Å²) in [6, 6.07) is 18.8. The summed E-state index contributed by atoms with van der Waals surface area (Å²) in [5.41, 5.74) is 2.90. The lowest BCUT2D eigenvalue weighted by atomic mass is 10.1. The number of nitriles is 1. The molecule has 0 bridgehead atoms. The molecule has 2 aromatic carbocycles. The van der Waals surface area contributed by atoms with Crippen LogP contribution in [0.1, 0.15) is 16.7 Å². The summed E-state index contributed by atoms with van der Waals surface area (Å²) < 4.78 is 1.46. The molecule has 2 aromatic heterocycles. The van der Waals surface area contributed by atoms with Crippen LogP contribution >= 0.6 is 11.6 Å². The summed E-state index contributed by atoms with van der Waals surface area (Å²) in [6.07, 6.45) is 4.46. The number of fused-ring (bicyclic) bond motifs is 1. The van der Waals surface area contributed by atoms with Gasteiger partial charge in [0.25, 0.3) is 0 Å². The highest BCUT2D eigenvalue weighted by molar-refractivity contribution is 6.30. The van der Waals surface area contributed by atoms with Crippen molar-refractivity contribution in [2.75, 3.05) is 5.32 Å². The van der Waals surface area contributed by atoms with E-state index in [2.05, 4.69) is 21.5 Å². The minimum absolute atomic E-state index is 0.246. The molecule has 0 saturated carbocycles. The Kier molecular flexibility index (Phi) is 5.29. The Balaban J connectivity index is 1.66. The largest absolute Gasteiger partial charge is 0.306 e. The van der Waals surface area contributed by atoms with E-state index < -0.39 is 0 Å². The van der Waals surface area contributed by atoms with Crippen molar-refractivity contribution in [1.82, 2.24) is 14.8 Å². The number of aryl methyl sites for hydroxylation is 1. The van der Waals surface area contributed by atoms with E-state index in [0.717, 1.165) is 22.0 Å². The first-order chi connectivity index (χ1) is 14.5. The number of carbonyl (C=O) groups is 1. The van der Waals surface area contributed by atoms with Crippen molar-refractivity contribution in [3.63, 3.8) is 0 Å². The topological polar surface area (TPSA) is 83.6 Å². The SMILES string of the molecule is Cc1cc(-n2ncc(C#N)c2NC(=O)/C=C/c2ccc(Cl)cc2)nc2ccccc12. The number of anilines is 1. The Morgan fingerprint density at radius 1 is 1.20 bits per heavy atom. The fourth-order valence-corrected chi connectivity index (χ4v) is 3.19. The second kappa shape index (κ2) is 8.19. The molecule has 4 rings (SSSR count). The van der Waals surface area contributed by atoms with E-state index in [1.807, 2.05) is 37.3 Å². The van der Waals surface area contributed by atoms with Crippen LogP contribution in [0, 0.1) is 18.3 Å². The first kappa shape index (κ1) is 19.4. The van der Waals surface area contributed by atoms with Crippen molar-refractivity contribution in [3.8, 4) is 11.9 Å². The Morgan fingerprint density at radius 2 is 1.97 bits per heavy atom. The van der Waals surface area contributed by atoms with Gasteiger partial charge in [-0.05, 0) is 48.4 Å². The van der Waals surface area contributed by atoms with Crippen molar-refractivity contribution in [1.29, 1.82) is 5.26 Å². The van der Waals surface area contributed by atoms with Crippen LogP contribution in [-0.2, 0) is 4.79 Å². The van der Waals surface area contributed by atoms with Crippen molar-refractivity contribution in [2.45, 2.75) is 6.92 Å². The molecule has 1 N–H and O–H groups in total. The Bertz CT molecular complexity index is 1320. The van der Waals surface area contributed by atoms with Crippen LogP contribution in [0.25, 0.3) is 22.8 Å². The van der Waals surface area contributed by atoms with Crippen LogP contribution in [0.5, 0.6) is 0 Å². The van der Waals surface area contributed by atoms with Gasteiger partial charge in [0.05, 0.1) is 11.7 Å². The van der Waals surface area contributed by atoms with Gasteiger partial charge in [-0.1, -0.05) is 41.9 Å². The van der Waals surface area contributed by atoms with E-state index in [9.17, 15) is 10.1 Å². The molecule has 6 nitrogen and oxygen atoms in total. The fraction of sp³-hybridized carbons (Fsp3) is 0.0435. The molecule has 146 valence electrons. The highest BCUT2D eigenvalue weighted by atomic mass is 35.5. The highest BCUT2D eigenvalue weighted by Crippen LogP contribution is 2.23. The third-order valence-electron chi connectivity index (χ3n) is 4.55. The van der Waals surface area contributed by atoms with Crippen LogP contribution in [0.4, 0.5) is 5.82 Å². The van der Waals surface area contributed by atoms with Crippen LogP contribution in [0.3, 0.4) is 0 Å². The Morgan fingerprint density at radius 3 is 2.73 bits per heavy atom. The molecular weight excluding hydrogens is 398 g/mol. The number of amides is 1. The molecule has 1 amide bonds. The number of hydrogen-bond donors (Lipinski definition) is 1. The smallest absolute Gasteiger partial charge is 0.249 e. The fourth-order valence-electron chi connectivity index (χ4n) is 3.07. The number of benzene rings is 2. The lowest BCUT2D eigenvalue weighted by Gasteiger charge is -2.10. The zero-order valence-electron chi connectivity index (χ0n) is 16.0. The molecule has 0 unspecified atom stereocenters. The average molecular weight is 414 g/mol. The van der Waals surface area contributed by atoms with E-state index in [4.69, 9.17) is 11.6 Å². The Hall–Kier alpha value is -3.95. The van der Waals surface area contributed by atoms with Gasteiger partial charge in [0, 0.05) is 16.5 Å². The molecule has 0 aliphatic heterocycles. The normalized spacial score (nSPS) is 11.0. The van der Waals surface area contributed by atoms with Crippen molar-refractivity contribution in [2.24, 2.45) is 0 Å². The van der Waals surface area contributed by atoms with Gasteiger partial charge < -0.3 is 5.32 Å². The van der Waals surface area contributed by atoms with Gasteiger partial charge in [-0.15, -0.1) is 0 Å². The summed E-state index contributed by atoms with van der Waals surface area (Å²) in [5.74, 6) is 0.399. The number of carbonyl (C=O) groups excluding carboxylic acids is 1. The van der Waals surface area contributed by atoms with Crippen molar-refractivity contribution >= 4 is 40.3 Å². The molecule has 4 aromatic rings. The number of nitrogens with one attached hydrogen (secondary N) is 1. The maximum atomic E-state index is 12.5. The first-order valence-corrected chi connectivity index (χ1v) is 9.52. The van der Waals surface area contributed by atoms with Gasteiger partial charge in [-0.2, -0.15) is 15.0 Å². The summed E-state index contributed by atoms with van der Waals surface area (Å²) >= 11 is 5.88. The molecule has 0 aliphatic carbocycles. The van der Waals surface area contributed by atoms with Crippen molar-refractivity contribution in [3.05, 3.63) is 88.6 Å². The molecule has 0 saturated heterocycles. The van der Waals surface area contributed by atoms with Gasteiger partial charge in [-0.3, -0.25) is 4.79 Å². The number of para-hydroxylation sites is 1. The van der Waals surface area contributed by atoms with E-state index in [-0.39, 0.29) is 17.3 Å². The minimum Gasteiger partial charge on any atom is -0.306 e. The number of halogens is 1. The van der Waals surface area contributed by atoms with E-state index in [0.29, 0.717) is 10.8 Å². The lowest BCUT2D eigenvalue weighted by molar-refractivity contribution is -0.111. The monoisotopic (exact) mass is 413 g/mol.